The molecule has 1 aliphatic heterocycles. The van der Waals surface area contributed by atoms with Gasteiger partial charge < -0.3 is 9.80 Å². The lowest BCUT2D eigenvalue weighted by molar-refractivity contribution is -0.384. The van der Waals surface area contributed by atoms with Crippen LogP contribution in [0.4, 0.5) is 17.1 Å². The van der Waals surface area contributed by atoms with Gasteiger partial charge in [0.25, 0.3) is 11.6 Å². The summed E-state index contributed by atoms with van der Waals surface area (Å²) in [4.78, 5) is 40.4. The molecule has 1 heterocycles. The van der Waals surface area contributed by atoms with Crippen LogP contribution in [0, 0.1) is 10.1 Å². The lowest BCUT2D eigenvalue weighted by Crippen LogP contribution is -2.47. The van der Waals surface area contributed by atoms with Crippen LogP contribution in [0.15, 0.2) is 78.9 Å². The maximum Gasteiger partial charge on any atom is 0.271 e. The van der Waals surface area contributed by atoms with Crippen LogP contribution in [0.25, 0.3) is 0 Å². The molecule has 0 N–H and O–H groups in total. The fourth-order valence-corrected chi connectivity index (χ4v) is 4.42. The van der Waals surface area contributed by atoms with Gasteiger partial charge in [-0.3, -0.25) is 19.7 Å². The zero-order chi connectivity index (χ0) is 22.8. The maximum atomic E-state index is 13.7. The third-order valence-electron chi connectivity index (χ3n) is 5.77. The normalized spacial score (nSPS) is 17.4. The van der Waals surface area contributed by atoms with Crippen molar-refractivity contribution in [1.82, 2.24) is 0 Å². The molecule has 0 bridgehead atoms. The number of carbonyl (C=O) groups is 2. The Morgan fingerprint density at radius 2 is 1.69 bits per heavy atom. The molecular formula is C25H23N3O4. The highest BCUT2D eigenvalue weighted by Crippen LogP contribution is 2.43. The Morgan fingerprint density at radius 1 is 1.00 bits per heavy atom. The van der Waals surface area contributed by atoms with Gasteiger partial charge in [-0.05, 0) is 43.2 Å². The molecule has 3 aromatic rings. The molecule has 0 saturated heterocycles. The molecular weight excluding hydrogens is 406 g/mol. The number of hydrogen-bond donors (Lipinski definition) is 0. The minimum atomic E-state index is -0.469. The summed E-state index contributed by atoms with van der Waals surface area (Å²) >= 11 is 0. The molecule has 162 valence electrons. The number of nitrogens with zero attached hydrogens (tertiary/aromatic N) is 3. The SMILES string of the molecule is CC(=O)N1c2ccccc2[C@@H](N(C(=O)c2ccccc2)c2cccc([N+](=O)[O-])c2)C[C@H]1C. The standard InChI is InChI=1S/C25H23N3O4/c1-17-15-24(22-13-6-7-14-23(22)26(17)18(2)29)27(25(30)19-9-4-3-5-10-19)20-11-8-12-21(16-20)28(31)32/h3-14,16-17,24H,15H2,1-2H3/t17-,24+/m1/s1. The summed E-state index contributed by atoms with van der Waals surface area (Å²) in [5, 5.41) is 11.4. The van der Waals surface area contributed by atoms with Crippen molar-refractivity contribution in [3.63, 3.8) is 0 Å². The third kappa shape index (κ3) is 3.85. The van der Waals surface area contributed by atoms with Gasteiger partial charge in [-0.2, -0.15) is 0 Å². The number of non-ortho nitro benzene ring substituents is 1. The monoisotopic (exact) mass is 429 g/mol. The number of fused-ring (bicyclic) bond motifs is 1. The number of nitro groups is 1. The second-order valence-corrected chi connectivity index (χ2v) is 7.87. The van der Waals surface area contributed by atoms with Crippen molar-refractivity contribution in [1.29, 1.82) is 0 Å². The van der Waals surface area contributed by atoms with Gasteiger partial charge >= 0.3 is 0 Å². The van der Waals surface area contributed by atoms with Crippen molar-refractivity contribution in [2.24, 2.45) is 0 Å². The van der Waals surface area contributed by atoms with Crippen molar-refractivity contribution in [3.05, 3.63) is 100 Å². The molecule has 32 heavy (non-hydrogen) atoms. The molecule has 3 aromatic carbocycles. The Balaban J connectivity index is 1.89. The predicted octanol–water partition coefficient (Wildman–Crippen LogP) is 5.13. The van der Waals surface area contributed by atoms with Gasteiger partial charge in [-0.1, -0.05) is 42.5 Å². The smallest absolute Gasteiger partial charge is 0.271 e. The van der Waals surface area contributed by atoms with Gasteiger partial charge in [-0.25, -0.2) is 0 Å². The van der Waals surface area contributed by atoms with Gasteiger partial charge in [0.2, 0.25) is 5.91 Å². The highest BCUT2D eigenvalue weighted by atomic mass is 16.6. The summed E-state index contributed by atoms with van der Waals surface area (Å²) in [6.45, 7) is 3.48. The van der Waals surface area contributed by atoms with E-state index in [1.165, 1.54) is 19.1 Å². The number of hydrogen-bond acceptors (Lipinski definition) is 4. The molecule has 1 aliphatic rings. The van der Waals surface area contributed by atoms with E-state index >= 15 is 0 Å². The Morgan fingerprint density at radius 3 is 2.38 bits per heavy atom. The lowest BCUT2D eigenvalue weighted by Gasteiger charge is -2.43. The number of anilines is 2. The highest BCUT2D eigenvalue weighted by Gasteiger charge is 2.38. The topological polar surface area (TPSA) is 83.8 Å². The quantitative estimate of drug-likeness (QED) is 0.425. The molecule has 0 fully saturated rings. The van der Waals surface area contributed by atoms with Gasteiger partial charge in [0, 0.05) is 36.3 Å². The van der Waals surface area contributed by atoms with Crippen molar-refractivity contribution >= 4 is 28.9 Å². The Hall–Kier alpha value is -4.00. The zero-order valence-electron chi connectivity index (χ0n) is 17.8. The van der Waals surface area contributed by atoms with Gasteiger partial charge in [0.1, 0.15) is 0 Å². The predicted molar refractivity (Wildman–Crippen MR) is 123 cm³/mol. The molecule has 0 radical (unpaired) electrons. The van der Waals surface area contributed by atoms with Gasteiger partial charge in [0.05, 0.1) is 16.7 Å². The Bertz CT molecular complexity index is 1180. The van der Waals surface area contributed by atoms with Crippen molar-refractivity contribution in [2.45, 2.75) is 32.4 Å². The van der Waals surface area contributed by atoms with E-state index < -0.39 is 11.0 Å². The first-order valence-corrected chi connectivity index (χ1v) is 10.4. The summed E-state index contributed by atoms with van der Waals surface area (Å²) in [6.07, 6.45) is 0.498. The molecule has 4 rings (SSSR count). The lowest BCUT2D eigenvalue weighted by atomic mass is 9.89. The van der Waals surface area contributed by atoms with Crippen molar-refractivity contribution < 1.29 is 14.5 Å². The molecule has 0 aromatic heterocycles. The van der Waals surface area contributed by atoms with E-state index in [0.717, 1.165) is 11.3 Å². The Kier molecular flexibility index (Phi) is 5.73. The third-order valence-corrected chi connectivity index (χ3v) is 5.77. The average Bonchev–Trinajstić information content (AvgIpc) is 2.79. The number of amides is 2. The summed E-state index contributed by atoms with van der Waals surface area (Å²) in [6, 6.07) is 21.9. The molecule has 0 aliphatic carbocycles. The van der Waals surface area contributed by atoms with E-state index in [0.29, 0.717) is 17.7 Å². The number of benzene rings is 3. The van der Waals surface area contributed by atoms with E-state index in [9.17, 15) is 19.7 Å². The molecule has 2 atom stereocenters. The molecule has 7 heteroatoms. The first-order chi connectivity index (χ1) is 15.4. The number of nitro benzene ring substituents is 1. The molecule has 7 nitrogen and oxygen atoms in total. The van der Waals surface area contributed by atoms with E-state index in [1.807, 2.05) is 37.3 Å². The van der Waals surface area contributed by atoms with Crippen molar-refractivity contribution in [3.8, 4) is 0 Å². The first-order valence-electron chi connectivity index (χ1n) is 10.4. The highest BCUT2D eigenvalue weighted by molar-refractivity contribution is 6.07. The van der Waals surface area contributed by atoms with Crippen LogP contribution < -0.4 is 9.80 Å². The molecule has 0 spiro atoms. The largest absolute Gasteiger partial charge is 0.309 e. The minimum absolute atomic E-state index is 0.0697. The van der Waals surface area contributed by atoms with Gasteiger partial charge in [-0.15, -0.1) is 0 Å². The van der Waals surface area contributed by atoms with Crippen LogP contribution in [0.2, 0.25) is 0 Å². The second kappa shape index (κ2) is 8.63. The molecule has 2 amide bonds. The van der Waals surface area contributed by atoms with E-state index in [2.05, 4.69) is 0 Å². The van der Waals surface area contributed by atoms with E-state index in [-0.39, 0.29) is 23.5 Å². The fraction of sp³-hybridized carbons (Fsp3) is 0.200. The van der Waals surface area contributed by atoms with Gasteiger partial charge in [0.15, 0.2) is 0 Å². The summed E-state index contributed by atoms with van der Waals surface area (Å²) < 4.78 is 0. The molecule has 0 unspecified atom stereocenters. The maximum absolute atomic E-state index is 13.7. The van der Waals surface area contributed by atoms with Crippen LogP contribution in [-0.2, 0) is 4.79 Å². The van der Waals surface area contributed by atoms with E-state index in [4.69, 9.17) is 0 Å². The number of carbonyl (C=O) groups excluding carboxylic acids is 2. The summed E-state index contributed by atoms with van der Waals surface area (Å²) in [5.74, 6) is -0.325. The Labute approximate surface area is 186 Å². The summed E-state index contributed by atoms with van der Waals surface area (Å²) in [7, 11) is 0. The molecule has 0 saturated carbocycles. The average molecular weight is 429 g/mol. The minimum Gasteiger partial charge on any atom is -0.309 e. The number of para-hydroxylation sites is 1. The van der Waals surface area contributed by atoms with E-state index in [1.54, 1.807) is 46.2 Å². The zero-order valence-corrected chi connectivity index (χ0v) is 17.8. The van der Waals surface area contributed by atoms with Crippen LogP contribution in [0.5, 0.6) is 0 Å². The van der Waals surface area contributed by atoms with Crippen LogP contribution >= 0.6 is 0 Å². The van der Waals surface area contributed by atoms with Crippen LogP contribution in [0.3, 0.4) is 0 Å². The first kappa shape index (κ1) is 21.2. The second-order valence-electron chi connectivity index (χ2n) is 7.87. The number of rotatable bonds is 4. The summed E-state index contributed by atoms with van der Waals surface area (Å²) in [5.41, 5.74) is 2.42. The van der Waals surface area contributed by atoms with Crippen LogP contribution in [0.1, 0.15) is 42.2 Å². The van der Waals surface area contributed by atoms with Crippen LogP contribution in [-0.4, -0.2) is 22.8 Å². The fourth-order valence-electron chi connectivity index (χ4n) is 4.42. The van der Waals surface area contributed by atoms with Crippen molar-refractivity contribution in [2.75, 3.05) is 9.80 Å².